The van der Waals surface area contributed by atoms with Gasteiger partial charge in [-0.1, -0.05) is 13.8 Å². The first-order chi connectivity index (χ1) is 7.84. The molecule has 1 fully saturated rings. The van der Waals surface area contributed by atoms with E-state index in [0.717, 1.165) is 30.8 Å². The highest BCUT2D eigenvalue weighted by Gasteiger charge is 2.14. The second-order valence-electron chi connectivity index (χ2n) is 3.78. The predicted molar refractivity (Wildman–Crippen MR) is 69.0 cm³/mol. The van der Waals surface area contributed by atoms with Crippen molar-refractivity contribution in [2.75, 3.05) is 13.1 Å². The van der Waals surface area contributed by atoms with Crippen molar-refractivity contribution < 1.29 is 6.16 Å². The zero-order valence-electron chi connectivity index (χ0n) is 10.5. The predicted octanol–water partition coefficient (Wildman–Crippen LogP) is 2.79. The summed E-state index contributed by atoms with van der Waals surface area (Å²) in [4.78, 5) is 4.10. The Morgan fingerprint density at radius 1 is 1.44 bits per heavy atom. The molecule has 0 saturated carbocycles. The van der Waals surface area contributed by atoms with Crippen molar-refractivity contribution in [1.29, 1.82) is 0 Å². The second-order valence-corrected chi connectivity index (χ2v) is 3.78. The highest BCUT2D eigenvalue weighted by molar-refractivity contribution is 5.22. The summed E-state index contributed by atoms with van der Waals surface area (Å²) >= 11 is 0. The fourth-order valence-corrected chi connectivity index (χ4v) is 1.70. The first-order valence-corrected chi connectivity index (χ1v) is 6.13. The van der Waals surface area contributed by atoms with Crippen LogP contribution in [0, 0.1) is 6.92 Å². The van der Waals surface area contributed by atoms with Crippen molar-refractivity contribution in [2.45, 2.75) is 39.7 Å². The van der Waals surface area contributed by atoms with Gasteiger partial charge in [-0.05, 0) is 37.9 Å². The lowest BCUT2D eigenvalue weighted by Crippen LogP contribution is -2.37. The summed E-state index contributed by atoms with van der Waals surface area (Å²) in [7, 11) is 0. The molecule has 1 aromatic heterocycles. The van der Waals surface area contributed by atoms with E-state index in [1.807, 2.05) is 33.0 Å². The van der Waals surface area contributed by atoms with E-state index in [9.17, 15) is 0 Å². The maximum absolute atomic E-state index is 5.81. The molecule has 0 unspecified atom stereocenters. The van der Waals surface area contributed by atoms with Crippen LogP contribution in [0.25, 0.3) is 0 Å². The van der Waals surface area contributed by atoms with Crippen molar-refractivity contribution in [3.63, 3.8) is 0 Å². The van der Waals surface area contributed by atoms with Crippen LogP contribution in [0.1, 0.15) is 33.7 Å². The number of nitrogens with zero attached hydrogens (tertiary/aromatic N) is 1. The lowest BCUT2D eigenvalue weighted by atomic mass is 10.1. The Balaban J connectivity index is 0.000000811. The van der Waals surface area contributed by atoms with E-state index in [1.165, 1.54) is 6.42 Å². The number of hydrogen-bond acceptors (Lipinski definition) is 3. The van der Waals surface area contributed by atoms with Crippen LogP contribution in [0.15, 0.2) is 18.5 Å². The molecule has 2 rings (SSSR count). The van der Waals surface area contributed by atoms with E-state index in [-0.39, 0.29) is 1.43 Å². The molecule has 0 amide bonds. The summed E-state index contributed by atoms with van der Waals surface area (Å²) in [5, 5.41) is 3.32. The second kappa shape index (κ2) is 7.23. The largest absolute Gasteiger partial charge is 0.487 e. The average Bonchev–Trinajstić information content (AvgIpc) is 2.33. The first kappa shape index (κ1) is 13.0. The standard InChI is InChI=1S/C11H16N2O.C2H6.H2/c1-9-5-11(8-13-6-9)14-10-3-2-4-12-7-10;1-2;/h5-6,8,10,12H,2-4,7H2,1H3;1-2H3;1H/t10-;;/m1../s1. The summed E-state index contributed by atoms with van der Waals surface area (Å²) in [6.07, 6.45) is 6.27. The number of pyridine rings is 1. The van der Waals surface area contributed by atoms with Gasteiger partial charge in [-0.15, -0.1) is 0 Å². The summed E-state index contributed by atoms with van der Waals surface area (Å²) in [6.45, 7) is 8.10. The van der Waals surface area contributed by atoms with Gasteiger partial charge >= 0.3 is 0 Å². The van der Waals surface area contributed by atoms with E-state index in [0.29, 0.717) is 6.10 Å². The van der Waals surface area contributed by atoms with Gasteiger partial charge in [-0.2, -0.15) is 0 Å². The lowest BCUT2D eigenvalue weighted by molar-refractivity contribution is 0.166. The topological polar surface area (TPSA) is 34.1 Å². The van der Waals surface area contributed by atoms with Gasteiger partial charge in [0.15, 0.2) is 0 Å². The molecular formula is C13H24N2O. The average molecular weight is 224 g/mol. The summed E-state index contributed by atoms with van der Waals surface area (Å²) in [6, 6.07) is 2.03. The van der Waals surface area contributed by atoms with Gasteiger partial charge in [0.25, 0.3) is 0 Å². The highest BCUT2D eigenvalue weighted by atomic mass is 16.5. The molecular weight excluding hydrogens is 200 g/mol. The maximum atomic E-state index is 5.81. The first-order valence-electron chi connectivity index (χ1n) is 6.13. The minimum Gasteiger partial charge on any atom is -0.487 e. The van der Waals surface area contributed by atoms with Crippen molar-refractivity contribution in [3.05, 3.63) is 24.0 Å². The fourth-order valence-electron chi connectivity index (χ4n) is 1.70. The van der Waals surface area contributed by atoms with Crippen LogP contribution in [-0.2, 0) is 0 Å². The van der Waals surface area contributed by atoms with Crippen LogP contribution in [0.3, 0.4) is 0 Å². The van der Waals surface area contributed by atoms with E-state index in [4.69, 9.17) is 4.74 Å². The minimum atomic E-state index is 0. The molecule has 0 spiro atoms. The van der Waals surface area contributed by atoms with Gasteiger partial charge in [0.1, 0.15) is 11.9 Å². The number of piperidine rings is 1. The molecule has 1 aliphatic heterocycles. The zero-order chi connectivity index (χ0) is 11.8. The fraction of sp³-hybridized carbons (Fsp3) is 0.615. The SMILES string of the molecule is CC.Cc1cncc(O[C@@H]2CCCNC2)c1.[HH]. The summed E-state index contributed by atoms with van der Waals surface area (Å²) in [5.41, 5.74) is 1.14. The Kier molecular flexibility index (Phi) is 5.86. The van der Waals surface area contributed by atoms with E-state index < -0.39 is 0 Å². The molecule has 1 atom stereocenters. The van der Waals surface area contributed by atoms with E-state index in [2.05, 4.69) is 10.3 Å². The molecule has 1 saturated heterocycles. The maximum Gasteiger partial charge on any atom is 0.138 e. The molecule has 1 aromatic rings. The molecule has 0 aliphatic carbocycles. The molecule has 16 heavy (non-hydrogen) atoms. The number of rotatable bonds is 2. The molecule has 0 radical (unpaired) electrons. The molecule has 3 nitrogen and oxygen atoms in total. The quantitative estimate of drug-likeness (QED) is 0.838. The molecule has 1 aliphatic rings. The minimum absolute atomic E-state index is 0. The molecule has 1 N–H and O–H groups in total. The van der Waals surface area contributed by atoms with Crippen molar-refractivity contribution >= 4 is 0 Å². The Labute approximate surface area is 99.7 Å². The monoisotopic (exact) mass is 224 g/mol. The third-order valence-electron chi connectivity index (χ3n) is 2.40. The van der Waals surface area contributed by atoms with Gasteiger partial charge in [0, 0.05) is 14.2 Å². The van der Waals surface area contributed by atoms with Gasteiger partial charge in [0.05, 0.1) is 6.20 Å². The van der Waals surface area contributed by atoms with Crippen molar-refractivity contribution in [3.8, 4) is 5.75 Å². The Morgan fingerprint density at radius 3 is 2.88 bits per heavy atom. The summed E-state index contributed by atoms with van der Waals surface area (Å²) in [5.74, 6) is 0.888. The molecule has 2 heterocycles. The van der Waals surface area contributed by atoms with E-state index >= 15 is 0 Å². The number of nitrogens with one attached hydrogen (secondary N) is 1. The smallest absolute Gasteiger partial charge is 0.138 e. The number of aryl methyl sites for hydroxylation is 1. The molecule has 0 aromatic carbocycles. The Hall–Kier alpha value is -1.09. The number of hydrogen-bond donors (Lipinski definition) is 1. The lowest BCUT2D eigenvalue weighted by Gasteiger charge is -2.23. The normalized spacial score (nSPS) is 19.6. The van der Waals surface area contributed by atoms with Crippen LogP contribution in [0.2, 0.25) is 0 Å². The van der Waals surface area contributed by atoms with Crippen LogP contribution in [0.5, 0.6) is 5.75 Å². The van der Waals surface area contributed by atoms with E-state index in [1.54, 1.807) is 6.20 Å². The van der Waals surface area contributed by atoms with Crippen LogP contribution >= 0.6 is 0 Å². The molecule has 0 bridgehead atoms. The third kappa shape index (κ3) is 4.19. The molecule has 92 valence electrons. The van der Waals surface area contributed by atoms with Crippen LogP contribution in [-0.4, -0.2) is 24.2 Å². The van der Waals surface area contributed by atoms with Crippen LogP contribution < -0.4 is 10.1 Å². The van der Waals surface area contributed by atoms with Crippen molar-refractivity contribution in [2.24, 2.45) is 0 Å². The Morgan fingerprint density at radius 2 is 2.25 bits per heavy atom. The van der Waals surface area contributed by atoms with Gasteiger partial charge in [-0.3, -0.25) is 4.98 Å². The van der Waals surface area contributed by atoms with Crippen molar-refractivity contribution in [1.82, 2.24) is 10.3 Å². The summed E-state index contributed by atoms with van der Waals surface area (Å²) < 4.78 is 5.81. The highest BCUT2D eigenvalue weighted by Crippen LogP contribution is 2.15. The Bertz CT molecular complexity index is 301. The third-order valence-corrected chi connectivity index (χ3v) is 2.40. The van der Waals surface area contributed by atoms with Gasteiger partial charge < -0.3 is 10.1 Å². The molecule has 3 heteroatoms. The number of aromatic nitrogens is 1. The van der Waals surface area contributed by atoms with Crippen LogP contribution in [0.4, 0.5) is 0 Å². The van der Waals surface area contributed by atoms with Gasteiger partial charge in [0.2, 0.25) is 0 Å². The van der Waals surface area contributed by atoms with Gasteiger partial charge in [-0.25, -0.2) is 0 Å². The zero-order valence-corrected chi connectivity index (χ0v) is 10.5. The number of ether oxygens (including phenoxy) is 1.